The Labute approximate surface area is 130 Å². The fourth-order valence-corrected chi connectivity index (χ4v) is 3.21. The summed E-state index contributed by atoms with van der Waals surface area (Å²) in [5.41, 5.74) is 1.82. The molecule has 1 aromatic rings. The van der Waals surface area contributed by atoms with E-state index < -0.39 is 0 Å². The largest absolute Gasteiger partial charge is 0.309 e. The summed E-state index contributed by atoms with van der Waals surface area (Å²) in [4.78, 5) is 2.31. The lowest BCUT2D eigenvalue weighted by molar-refractivity contribution is 0.211. The zero-order valence-electron chi connectivity index (χ0n) is 13.2. The second-order valence-corrected chi connectivity index (χ2v) is 6.93. The molecule has 1 aromatic carbocycles. The monoisotopic (exact) mass is 293 g/mol. The Hall–Kier alpha value is -0.790. The van der Waals surface area contributed by atoms with Gasteiger partial charge >= 0.3 is 0 Å². The number of allylic oxidation sites excluding steroid dienone is 1. The zero-order valence-corrected chi connectivity index (χ0v) is 14.0. The molecule has 0 N–H and O–H groups in total. The molecule has 0 saturated carbocycles. The van der Waals surface area contributed by atoms with E-state index in [1.54, 1.807) is 0 Å². The van der Waals surface area contributed by atoms with Crippen LogP contribution in [0.5, 0.6) is 0 Å². The van der Waals surface area contributed by atoms with Crippen molar-refractivity contribution in [3.8, 4) is 0 Å². The maximum atomic E-state index is 2.46. The molecule has 0 heterocycles. The average Bonchev–Trinajstić information content (AvgIpc) is 2.33. The van der Waals surface area contributed by atoms with E-state index in [4.69, 9.17) is 0 Å². The van der Waals surface area contributed by atoms with Gasteiger partial charge in [0.05, 0.1) is 0 Å². The fraction of sp³-hybridized carbons (Fsp3) is 0.556. The summed E-state index contributed by atoms with van der Waals surface area (Å²) in [7, 11) is 4.35. The second-order valence-electron chi connectivity index (χ2n) is 6.93. The first-order valence-electron chi connectivity index (χ1n) is 7.34. The Bertz CT molecular complexity index is 422. The smallest absolute Gasteiger partial charge is 0.00410 e. The standard InChI is InChI=1S/C18H27N.ClH/c1-18(2)11-10-16(14-19(3)4)17(13-18)12-15-8-6-5-7-9-15;/h5-11,16-17H,12-14H2,1-4H3;1H/t16-,17+;/m1./s1. The second kappa shape index (κ2) is 7.28. The maximum Gasteiger partial charge on any atom is 0.00410 e. The van der Waals surface area contributed by atoms with Crippen molar-refractivity contribution in [1.82, 2.24) is 4.90 Å². The van der Waals surface area contributed by atoms with E-state index in [1.807, 2.05) is 0 Å². The van der Waals surface area contributed by atoms with E-state index in [0.29, 0.717) is 11.3 Å². The van der Waals surface area contributed by atoms with Crippen LogP contribution in [0.4, 0.5) is 0 Å². The van der Waals surface area contributed by atoms with Crippen molar-refractivity contribution < 1.29 is 0 Å². The van der Waals surface area contributed by atoms with Gasteiger partial charge in [-0.3, -0.25) is 0 Å². The van der Waals surface area contributed by atoms with Gasteiger partial charge in [-0.25, -0.2) is 0 Å². The van der Waals surface area contributed by atoms with Gasteiger partial charge in [-0.1, -0.05) is 56.3 Å². The molecule has 0 aliphatic heterocycles. The van der Waals surface area contributed by atoms with Crippen LogP contribution in [0, 0.1) is 17.3 Å². The van der Waals surface area contributed by atoms with E-state index in [0.717, 1.165) is 12.5 Å². The van der Waals surface area contributed by atoms with Crippen LogP contribution in [-0.2, 0) is 6.42 Å². The molecule has 2 atom stereocenters. The van der Waals surface area contributed by atoms with Crippen molar-refractivity contribution in [2.45, 2.75) is 26.7 Å². The third kappa shape index (κ3) is 4.96. The van der Waals surface area contributed by atoms with Crippen LogP contribution in [0.3, 0.4) is 0 Å². The van der Waals surface area contributed by atoms with Crippen LogP contribution in [0.25, 0.3) is 0 Å². The first-order chi connectivity index (χ1) is 8.96. The Balaban J connectivity index is 0.00000200. The molecule has 20 heavy (non-hydrogen) atoms. The number of hydrogen-bond acceptors (Lipinski definition) is 1. The van der Waals surface area contributed by atoms with Crippen LogP contribution < -0.4 is 0 Å². The van der Waals surface area contributed by atoms with Gasteiger partial charge in [0.25, 0.3) is 0 Å². The first kappa shape index (κ1) is 17.3. The van der Waals surface area contributed by atoms with Gasteiger partial charge in [0, 0.05) is 6.54 Å². The van der Waals surface area contributed by atoms with Crippen molar-refractivity contribution in [3.63, 3.8) is 0 Å². The lowest BCUT2D eigenvalue weighted by Crippen LogP contribution is -2.33. The summed E-state index contributed by atoms with van der Waals surface area (Å²) >= 11 is 0. The highest BCUT2D eigenvalue weighted by atomic mass is 35.5. The molecule has 1 nitrogen and oxygen atoms in total. The Kier molecular flexibility index (Phi) is 6.29. The number of halogens is 1. The molecule has 112 valence electrons. The minimum atomic E-state index is 0. The first-order valence-corrected chi connectivity index (χ1v) is 7.34. The molecule has 1 aliphatic carbocycles. The van der Waals surface area contributed by atoms with Crippen LogP contribution in [0.15, 0.2) is 42.5 Å². The highest BCUT2D eigenvalue weighted by Crippen LogP contribution is 2.38. The Morgan fingerprint density at radius 1 is 1.15 bits per heavy atom. The summed E-state index contributed by atoms with van der Waals surface area (Å²) in [6, 6.07) is 10.9. The lowest BCUT2D eigenvalue weighted by atomic mass is 9.70. The van der Waals surface area contributed by atoms with Crippen molar-refractivity contribution in [2.24, 2.45) is 17.3 Å². The molecule has 0 unspecified atom stereocenters. The summed E-state index contributed by atoms with van der Waals surface area (Å²) in [6.07, 6.45) is 7.36. The molecule has 2 rings (SSSR count). The van der Waals surface area contributed by atoms with Crippen LogP contribution in [-0.4, -0.2) is 25.5 Å². The summed E-state index contributed by atoms with van der Waals surface area (Å²) in [6.45, 7) is 5.87. The van der Waals surface area contributed by atoms with E-state index in [1.165, 1.54) is 18.4 Å². The normalized spacial score (nSPS) is 24.4. The van der Waals surface area contributed by atoms with E-state index in [-0.39, 0.29) is 12.4 Å². The SMILES string of the molecule is CN(C)C[C@H]1C=CC(C)(C)C[C@@H]1Cc1ccccc1.Cl. The van der Waals surface area contributed by atoms with Gasteiger partial charge < -0.3 is 4.90 Å². The predicted molar refractivity (Wildman–Crippen MR) is 90.5 cm³/mol. The quantitative estimate of drug-likeness (QED) is 0.742. The van der Waals surface area contributed by atoms with Crippen molar-refractivity contribution in [1.29, 1.82) is 0 Å². The zero-order chi connectivity index (χ0) is 13.9. The topological polar surface area (TPSA) is 3.24 Å². The molecule has 0 bridgehead atoms. The van der Waals surface area contributed by atoms with Crippen molar-refractivity contribution >= 4 is 12.4 Å². The highest BCUT2D eigenvalue weighted by Gasteiger charge is 2.30. The van der Waals surface area contributed by atoms with E-state index in [9.17, 15) is 0 Å². The molecule has 0 radical (unpaired) electrons. The summed E-state index contributed by atoms with van der Waals surface area (Å²) < 4.78 is 0. The number of rotatable bonds is 4. The van der Waals surface area contributed by atoms with Gasteiger partial charge in [-0.05, 0) is 49.8 Å². The predicted octanol–water partition coefficient (Wildman–Crippen LogP) is 4.43. The molecule has 0 amide bonds. The molecule has 0 spiro atoms. The van der Waals surface area contributed by atoms with Gasteiger partial charge in [0.2, 0.25) is 0 Å². The molecular weight excluding hydrogens is 266 g/mol. The van der Waals surface area contributed by atoms with Crippen LogP contribution >= 0.6 is 12.4 Å². The summed E-state index contributed by atoms with van der Waals surface area (Å²) in [5.74, 6) is 1.44. The Morgan fingerprint density at radius 2 is 1.80 bits per heavy atom. The summed E-state index contributed by atoms with van der Waals surface area (Å²) in [5, 5.41) is 0. The third-order valence-corrected chi connectivity index (χ3v) is 4.11. The molecule has 0 saturated heterocycles. The Morgan fingerprint density at radius 3 is 2.40 bits per heavy atom. The minimum Gasteiger partial charge on any atom is -0.309 e. The molecular formula is C18H28ClN. The third-order valence-electron chi connectivity index (χ3n) is 4.11. The fourth-order valence-electron chi connectivity index (χ4n) is 3.21. The number of nitrogens with zero attached hydrogens (tertiary/aromatic N) is 1. The van der Waals surface area contributed by atoms with E-state index in [2.05, 4.69) is 75.3 Å². The van der Waals surface area contributed by atoms with Crippen molar-refractivity contribution in [3.05, 3.63) is 48.0 Å². The molecule has 2 heteroatoms. The molecule has 0 aromatic heterocycles. The van der Waals surface area contributed by atoms with Gasteiger partial charge in [0.15, 0.2) is 0 Å². The minimum absolute atomic E-state index is 0. The van der Waals surface area contributed by atoms with Gasteiger partial charge in [-0.15, -0.1) is 12.4 Å². The highest BCUT2D eigenvalue weighted by molar-refractivity contribution is 5.85. The van der Waals surface area contributed by atoms with Gasteiger partial charge in [0.1, 0.15) is 0 Å². The van der Waals surface area contributed by atoms with E-state index >= 15 is 0 Å². The number of benzene rings is 1. The van der Waals surface area contributed by atoms with Crippen molar-refractivity contribution in [2.75, 3.05) is 20.6 Å². The molecule has 1 aliphatic rings. The van der Waals surface area contributed by atoms with Gasteiger partial charge in [-0.2, -0.15) is 0 Å². The van der Waals surface area contributed by atoms with Crippen LogP contribution in [0.1, 0.15) is 25.8 Å². The maximum absolute atomic E-state index is 2.46. The lowest BCUT2D eigenvalue weighted by Gasteiger charge is -2.37. The van der Waals surface area contributed by atoms with Crippen LogP contribution in [0.2, 0.25) is 0 Å². The number of hydrogen-bond donors (Lipinski definition) is 0. The molecule has 0 fully saturated rings. The average molecular weight is 294 g/mol.